The number of hydrogen-bond acceptors (Lipinski definition) is 5. The summed E-state index contributed by atoms with van der Waals surface area (Å²) in [6, 6.07) is 4.08. The molecule has 2 rings (SSSR count). The van der Waals surface area contributed by atoms with Crippen LogP contribution in [0.2, 0.25) is 0 Å². The van der Waals surface area contributed by atoms with Gasteiger partial charge in [-0.2, -0.15) is 0 Å². The molecule has 0 saturated heterocycles. The van der Waals surface area contributed by atoms with Gasteiger partial charge in [0.15, 0.2) is 5.13 Å². The predicted molar refractivity (Wildman–Crippen MR) is 89.8 cm³/mol. The summed E-state index contributed by atoms with van der Waals surface area (Å²) in [4.78, 5) is 12.2. The molecule has 0 amide bonds. The standard InChI is InChI=1S/C16H24N4S/c1-12-14(10-18-16(2,3)4)21-15(19-12)20(5)11-13-6-8-17-9-7-13/h6-9,18H,10-11H2,1-5H3. The van der Waals surface area contributed by atoms with E-state index in [2.05, 4.69) is 49.9 Å². The van der Waals surface area contributed by atoms with Crippen molar-refractivity contribution in [3.8, 4) is 0 Å². The van der Waals surface area contributed by atoms with Crippen LogP contribution in [0.5, 0.6) is 0 Å². The van der Waals surface area contributed by atoms with Crippen molar-refractivity contribution in [2.45, 2.75) is 46.3 Å². The number of rotatable bonds is 5. The van der Waals surface area contributed by atoms with Crippen LogP contribution in [-0.4, -0.2) is 22.6 Å². The minimum atomic E-state index is 0.125. The number of aromatic nitrogens is 2. The van der Waals surface area contributed by atoms with Crippen LogP contribution in [0.15, 0.2) is 24.5 Å². The van der Waals surface area contributed by atoms with Crippen LogP contribution in [0.3, 0.4) is 0 Å². The summed E-state index contributed by atoms with van der Waals surface area (Å²) < 4.78 is 0. The first-order valence-corrected chi connectivity index (χ1v) is 7.98. The highest BCUT2D eigenvalue weighted by atomic mass is 32.1. The molecule has 2 heterocycles. The molecule has 0 unspecified atom stereocenters. The van der Waals surface area contributed by atoms with E-state index in [-0.39, 0.29) is 5.54 Å². The third kappa shape index (κ3) is 4.79. The zero-order valence-electron chi connectivity index (χ0n) is 13.5. The van der Waals surface area contributed by atoms with Crippen LogP contribution in [-0.2, 0) is 13.1 Å². The molecule has 0 fully saturated rings. The number of aryl methyl sites for hydroxylation is 1. The lowest BCUT2D eigenvalue weighted by atomic mass is 10.1. The fraction of sp³-hybridized carbons (Fsp3) is 0.500. The molecular weight excluding hydrogens is 280 g/mol. The Bertz CT molecular complexity index is 572. The van der Waals surface area contributed by atoms with Crippen LogP contribution < -0.4 is 10.2 Å². The van der Waals surface area contributed by atoms with Gasteiger partial charge in [0.1, 0.15) is 0 Å². The molecule has 1 N–H and O–H groups in total. The van der Waals surface area contributed by atoms with Gasteiger partial charge in [-0.05, 0) is 45.4 Å². The molecule has 2 aromatic heterocycles. The summed E-state index contributed by atoms with van der Waals surface area (Å²) in [7, 11) is 2.08. The molecule has 0 aromatic carbocycles. The second-order valence-electron chi connectivity index (χ2n) is 6.32. The van der Waals surface area contributed by atoms with Crippen LogP contribution in [0, 0.1) is 6.92 Å². The average Bonchev–Trinajstić information content (AvgIpc) is 2.78. The highest BCUT2D eigenvalue weighted by molar-refractivity contribution is 7.15. The molecule has 4 nitrogen and oxygen atoms in total. The molecule has 0 spiro atoms. The molecule has 0 aliphatic rings. The molecular formula is C16H24N4S. The highest BCUT2D eigenvalue weighted by Crippen LogP contribution is 2.26. The van der Waals surface area contributed by atoms with Gasteiger partial charge < -0.3 is 10.2 Å². The lowest BCUT2D eigenvalue weighted by Gasteiger charge is -2.20. The maximum absolute atomic E-state index is 4.70. The monoisotopic (exact) mass is 304 g/mol. The minimum absolute atomic E-state index is 0.125. The molecule has 0 saturated carbocycles. The van der Waals surface area contributed by atoms with E-state index in [1.165, 1.54) is 10.4 Å². The van der Waals surface area contributed by atoms with Gasteiger partial charge in [-0.3, -0.25) is 4.98 Å². The van der Waals surface area contributed by atoms with Gasteiger partial charge in [-0.15, -0.1) is 11.3 Å². The van der Waals surface area contributed by atoms with Crippen molar-refractivity contribution in [3.63, 3.8) is 0 Å². The quantitative estimate of drug-likeness (QED) is 0.919. The third-order valence-corrected chi connectivity index (χ3v) is 4.43. The van der Waals surface area contributed by atoms with Crippen molar-refractivity contribution < 1.29 is 0 Å². The first kappa shape index (κ1) is 15.9. The third-order valence-electron chi connectivity index (χ3n) is 3.16. The van der Waals surface area contributed by atoms with E-state index in [4.69, 9.17) is 4.98 Å². The van der Waals surface area contributed by atoms with Crippen LogP contribution in [0.25, 0.3) is 0 Å². The van der Waals surface area contributed by atoms with E-state index < -0.39 is 0 Å². The molecule has 2 aromatic rings. The molecule has 114 valence electrons. The Morgan fingerprint density at radius 2 is 1.90 bits per heavy atom. The summed E-state index contributed by atoms with van der Waals surface area (Å²) in [5.74, 6) is 0. The number of nitrogens with one attached hydrogen (secondary N) is 1. The Balaban J connectivity index is 2.04. The lowest BCUT2D eigenvalue weighted by molar-refractivity contribution is 0.425. The first-order chi connectivity index (χ1) is 9.85. The lowest BCUT2D eigenvalue weighted by Crippen LogP contribution is -2.34. The van der Waals surface area contributed by atoms with Crippen LogP contribution >= 0.6 is 11.3 Å². The smallest absolute Gasteiger partial charge is 0.185 e. The maximum Gasteiger partial charge on any atom is 0.185 e. The van der Waals surface area contributed by atoms with Gasteiger partial charge >= 0.3 is 0 Å². The Morgan fingerprint density at radius 1 is 1.24 bits per heavy atom. The predicted octanol–water partition coefficient (Wildman–Crippen LogP) is 3.37. The Hall–Kier alpha value is -1.46. The van der Waals surface area contributed by atoms with Gasteiger partial charge in [0.25, 0.3) is 0 Å². The van der Waals surface area contributed by atoms with E-state index in [0.29, 0.717) is 0 Å². The van der Waals surface area contributed by atoms with Crippen LogP contribution in [0.1, 0.15) is 36.9 Å². The summed E-state index contributed by atoms with van der Waals surface area (Å²) in [5.41, 5.74) is 2.49. The highest BCUT2D eigenvalue weighted by Gasteiger charge is 2.14. The van der Waals surface area contributed by atoms with E-state index >= 15 is 0 Å². The van der Waals surface area contributed by atoms with Gasteiger partial charge in [0.05, 0.1) is 5.69 Å². The number of nitrogens with zero attached hydrogens (tertiary/aromatic N) is 3. The molecule has 0 bridgehead atoms. The molecule has 0 atom stereocenters. The minimum Gasteiger partial charge on any atom is -0.347 e. The number of hydrogen-bond donors (Lipinski definition) is 1. The van der Waals surface area contributed by atoms with Gasteiger partial charge in [-0.25, -0.2) is 4.98 Å². The second-order valence-corrected chi connectivity index (χ2v) is 7.38. The zero-order chi connectivity index (χ0) is 15.5. The summed E-state index contributed by atoms with van der Waals surface area (Å²) in [6.07, 6.45) is 3.66. The van der Waals surface area contributed by atoms with Gasteiger partial charge in [0, 0.05) is 42.9 Å². The van der Waals surface area contributed by atoms with Crippen molar-refractivity contribution in [3.05, 3.63) is 40.7 Å². The van der Waals surface area contributed by atoms with E-state index in [0.717, 1.165) is 23.9 Å². The van der Waals surface area contributed by atoms with Gasteiger partial charge in [0.2, 0.25) is 0 Å². The molecule has 0 radical (unpaired) electrons. The number of pyridine rings is 1. The summed E-state index contributed by atoms with van der Waals surface area (Å²) >= 11 is 1.76. The second kappa shape index (κ2) is 6.54. The SMILES string of the molecule is Cc1nc(N(C)Cc2ccncc2)sc1CNC(C)(C)C. The van der Waals surface area contributed by atoms with E-state index in [9.17, 15) is 0 Å². The molecule has 0 aliphatic heterocycles. The Labute approximate surface area is 131 Å². The molecule has 5 heteroatoms. The Kier molecular flexibility index (Phi) is 4.96. The van der Waals surface area contributed by atoms with Crippen molar-refractivity contribution in [1.29, 1.82) is 0 Å². The largest absolute Gasteiger partial charge is 0.347 e. The molecule has 0 aliphatic carbocycles. The van der Waals surface area contributed by atoms with E-state index in [1.807, 2.05) is 24.5 Å². The fourth-order valence-electron chi connectivity index (χ4n) is 1.92. The van der Waals surface area contributed by atoms with Crippen molar-refractivity contribution in [2.24, 2.45) is 0 Å². The van der Waals surface area contributed by atoms with Crippen molar-refractivity contribution in [2.75, 3.05) is 11.9 Å². The van der Waals surface area contributed by atoms with Crippen molar-refractivity contribution in [1.82, 2.24) is 15.3 Å². The molecule has 21 heavy (non-hydrogen) atoms. The van der Waals surface area contributed by atoms with Gasteiger partial charge in [-0.1, -0.05) is 0 Å². The zero-order valence-corrected chi connectivity index (χ0v) is 14.3. The number of thiazole rings is 1. The summed E-state index contributed by atoms with van der Waals surface area (Å²) in [5, 5.41) is 4.59. The Morgan fingerprint density at radius 3 is 2.52 bits per heavy atom. The number of anilines is 1. The maximum atomic E-state index is 4.70. The fourth-order valence-corrected chi connectivity index (χ4v) is 2.88. The first-order valence-electron chi connectivity index (χ1n) is 7.16. The topological polar surface area (TPSA) is 41.1 Å². The van der Waals surface area contributed by atoms with Crippen molar-refractivity contribution >= 4 is 16.5 Å². The average molecular weight is 304 g/mol. The van der Waals surface area contributed by atoms with Crippen LogP contribution in [0.4, 0.5) is 5.13 Å². The normalized spacial score (nSPS) is 11.7. The van der Waals surface area contributed by atoms with E-state index in [1.54, 1.807) is 11.3 Å². The summed E-state index contributed by atoms with van der Waals surface area (Å²) in [6.45, 7) is 10.3.